The van der Waals surface area contributed by atoms with Crippen LogP contribution in [0.1, 0.15) is 37.2 Å². The Balaban J connectivity index is 1.97. The van der Waals surface area contributed by atoms with Crippen LogP contribution in [0, 0.1) is 0 Å². The van der Waals surface area contributed by atoms with Crippen molar-refractivity contribution in [1.29, 1.82) is 0 Å². The number of rotatable bonds is 3. The smallest absolute Gasteiger partial charge is 0.387 e. The molecule has 2 rings (SSSR count). The van der Waals surface area contributed by atoms with E-state index in [1.54, 1.807) is 12.1 Å². The zero-order valence-electron chi connectivity index (χ0n) is 9.48. The van der Waals surface area contributed by atoms with Crippen LogP contribution in [0.15, 0.2) is 24.3 Å². The molecule has 1 saturated carbocycles. The van der Waals surface area contributed by atoms with E-state index in [1.807, 2.05) is 12.1 Å². The summed E-state index contributed by atoms with van der Waals surface area (Å²) in [5, 5.41) is 0.521. The summed E-state index contributed by atoms with van der Waals surface area (Å²) in [6.45, 7) is -2.75. The summed E-state index contributed by atoms with van der Waals surface area (Å²) < 4.78 is 28.3. The SMILES string of the molecule is FC(F)Oc1ccc(C2CCC(S)CC2)cc1. The van der Waals surface area contributed by atoms with E-state index in [0.29, 0.717) is 11.2 Å². The van der Waals surface area contributed by atoms with Crippen molar-refractivity contribution in [3.05, 3.63) is 29.8 Å². The van der Waals surface area contributed by atoms with E-state index in [-0.39, 0.29) is 5.75 Å². The third-order valence-electron chi connectivity index (χ3n) is 3.27. The number of ether oxygens (including phenoxy) is 1. The van der Waals surface area contributed by atoms with Crippen LogP contribution in [0.3, 0.4) is 0 Å². The van der Waals surface area contributed by atoms with Crippen molar-refractivity contribution in [1.82, 2.24) is 0 Å². The first-order valence-electron chi connectivity index (χ1n) is 5.88. The molecule has 1 aromatic carbocycles. The highest BCUT2D eigenvalue weighted by atomic mass is 32.1. The van der Waals surface area contributed by atoms with Crippen molar-refractivity contribution < 1.29 is 13.5 Å². The second-order valence-electron chi connectivity index (χ2n) is 4.45. The quantitative estimate of drug-likeness (QED) is 0.798. The molecule has 1 aliphatic rings. The normalized spacial score (nSPS) is 24.9. The molecule has 0 saturated heterocycles. The van der Waals surface area contributed by atoms with Crippen molar-refractivity contribution in [3.8, 4) is 5.75 Å². The van der Waals surface area contributed by atoms with Crippen molar-refractivity contribution in [3.63, 3.8) is 0 Å². The zero-order valence-corrected chi connectivity index (χ0v) is 10.4. The van der Waals surface area contributed by atoms with E-state index in [2.05, 4.69) is 17.4 Å². The maximum Gasteiger partial charge on any atom is 0.387 e. The Kier molecular flexibility index (Phi) is 4.26. The summed E-state index contributed by atoms with van der Waals surface area (Å²) in [6, 6.07) is 7.02. The fourth-order valence-corrected chi connectivity index (χ4v) is 2.63. The molecule has 0 spiro atoms. The molecule has 94 valence electrons. The fourth-order valence-electron chi connectivity index (χ4n) is 2.33. The van der Waals surface area contributed by atoms with Gasteiger partial charge in [-0.2, -0.15) is 21.4 Å². The lowest BCUT2D eigenvalue weighted by Crippen LogP contribution is -2.13. The molecule has 0 unspecified atom stereocenters. The molecule has 4 heteroatoms. The second kappa shape index (κ2) is 5.71. The fraction of sp³-hybridized carbons (Fsp3) is 0.538. The highest BCUT2D eigenvalue weighted by molar-refractivity contribution is 7.80. The highest BCUT2D eigenvalue weighted by Gasteiger charge is 2.20. The van der Waals surface area contributed by atoms with Gasteiger partial charge in [-0.3, -0.25) is 0 Å². The van der Waals surface area contributed by atoms with Gasteiger partial charge in [0.15, 0.2) is 0 Å². The van der Waals surface area contributed by atoms with Crippen molar-refractivity contribution >= 4 is 12.6 Å². The van der Waals surface area contributed by atoms with Crippen molar-refractivity contribution in [2.24, 2.45) is 0 Å². The topological polar surface area (TPSA) is 9.23 Å². The summed E-state index contributed by atoms with van der Waals surface area (Å²) in [7, 11) is 0. The molecule has 1 nitrogen and oxygen atoms in total. The summed E-state index contributed by atoms with van der Waals surface area (Å²) in [5.74, 6) is 0.769. The summed E-state index contributed by atoms with van der Waals surface area (Å²) in [4.78, 5) is 0. The number of hydrogen-bond donors (Lipinski definition) is 1. The molecule has 1 fully saturated rings. The van der Waals surface area contributed by atoms with E-state index in [0.717, 1.165) is 25.7 Å². The predicted octanol–water partition coefficient (Wildman–Crippen LogP) is 4.24. The molecular formula is C13H16F2OS. The molecule has 0 heterocycles. The minimum Gasteiger partial charge on any atom is -0.435 e. The summed E-state index contributed by atoms with van der Waals surface area (Å²) in [5.41, 5.74) is 1.21. The van der Waals surface area contributed by atoms with Gasteiger partial charge in [0.2, 0.25) is 0 Å². The van der Waals surface area contributed by atoms with Gasteiger partial charge in [0.05, 0.1) is 0 Å². The maximum absolute atomic E-state index is 12.0. The Morgan fingerprint density at radius 2 is 1.65 bits per heavy atom. The number of benzene rings is 1. The minimum atomic E-state index is -2.75. The molecule has 0 radical (unpaired) electrons. The van der Waals surface area contributed by atoms with E-state index in [9.17, 15) is 8.78 Å². The van der Waals surface area contributed by atoms with E-state index < -0.39 is 6.61 Å². The first-order valence-corrected chi connectivity index (χ1v) is 6.39. The lowest BCUT2D eigenvalue weighted by Gasteiger charge is -2.26. The second-order valence-corrected chi connectivity index (χ2v) is 5.18. The lowest BCUT2D eigenvalue weighted by atomic mass is 9.84. The molecule has 1 aromatic rings. The van der Waals surface area contributed by atoms with Crippen molar-refractivity contribution in [2.45, 2.75) is 43.5 Å². The predicted molar refractivity (Wildman–Crippen MR) is 67.1 cm³/mol. The van der Waals surface area contributed by atoms with E-state index >= 15 is 0 Å². The largest absolute Gasteiger partial charge is 0.435 e. The van der Waals surface area contributed by atoms with Crippen LogP contribution in [0.25, 0.3) is 0 Å². The molecule has 0 amide bonds. The summed E-state index contributed by atoms with van der Waals surface area (Å²) in [6.07, 6.45) is 4.51. The number of hydrogen-bond acceptors (Lipinski definition) is 2. The third kappa shape index (κ3) is 3.60. The Morgan fingerprint density at radius 1 is 1.06 bits per heavy atom. The standard InChI is InChI=1S/C13H16F2OS/c14-13(15)16-11-5-1-9(2-6-11)10-3-7-12(17)8-4-10/h1-2,5-6,10,12-13,17H,3-4,7-8H2. The van der Waals surface area contributed by atoms with Crippen LogP contribution in [-0.4, -0.2) is 11.9 Å². The molecule has 0 aromatic heterocycles. The number of thiol groups is 1. The van der Waals surface area contributed by atoms with Gasteiger partial charge in [0, 0.05) is 5.25 Å². The Bertz CT molecular complexity index is 345. The molecule has 1 aliphatic carbocycles. The van der Waals surface area contributed by atoms with Gasteiger partial charge in [-0.15, -0.1) is 0 Å². The van der Waals surface area contributed by atoms with Gasteiger partial charge in [-0.05, 0) is 49.3 Å². The van der Waals surface area contributed by atoms with Crippen LogP contribution < -0.4 is 4.74 Å². The number of alkyl halides is 2. The molecule has 0 atom stereocenters. The Morgan fingerprint density at radius 3 is 2.18 bits per heavy atom. The van der Waals surface area contributed by atoms with Gasteiger partial charge in [-0.25, -0.2) is 0 Å². The van der Waals surface area contributed by atoms with Crippen molar-refractivity contribution in [2.75, 3.05) is 0 Å². The van der Waals surface area contributed by atoms with Gasteiger partial charge < -0.3 is 4.74 Å². The molecular weight excluding hydrogens is 242 g/mol. The average molecular weight is 258 g/mol. The van der Waals surface area contributed by atoms with Crippen LogP contribution in [0.5, 0.6) is 5.75 Å². The monoisotopic (exact) mass is 258 g/mol. The molecule has 0 aliphatic heterocycles. The average Bonchev–Trinajstić information content (AvgIpc) is 2.30. The van der Waals surface area contributed by atoms with Gasteiger partial charge >= 0.3 is 6.61 Å². The summed E-state index contributed by atoms with van der Waals surface area (Å²) >= 11 is 4.46. The van der Waals surface area contributed by atoms with Crippen LogP contribution >= 0.6 is 12.6 Å². The maximum atomic E-state index is 12.0. The van der Waals surface area contributed by atoms with Gasteiger partial charge in [-0.1, -0.05) is 12.1 Å². The molecule has 0 bridgehead atoms. The molecule has 17 heavy (non-hydrogen) atoms. The van der Waals surface area contributed by atoms with Crippen LogP contribution in [-0.2, 0) is 0 Å². The Hall–Kier alpha value is -0.770. The van der Waals surface area contributed by atoms with Gasteiger partial charge in [0.25, 0.3) is 0 Å². The van der Waals surface area contributed by atoms with Gasteiger partial charge in [0.1, 0.15) is 5.75 Å². The first-order chi connectivity index (χ1) is 8.15. The molecule has 0 N–H and O–H groups in total. The third-order valence-corrected chi connectivity index (χ3v) is 3.79. The highest BCUT2D eigenvalue weighted by Crippen LogP contribution is 2.35. The van der Waals surface area contributed by atoms with E-state index in [1.165, 1.54) is 5.56 Å². The lowest BCUT2D eigenvalue weighted by molar-refractivity contribution is -0.0498. The minimum absolute atomic E-state index is 0.228. The number of halogens is 2. The Labute approximate surface area is 106 Å². The van der Waals surface area contributed by atoms with Crippen LogP contribution in [0.4, 0.5) is 8.78 Å². The van der Waals surface area contributed by atoms with E-state index in [4.69, 9.17) is 0 Å². The first kappa shape index (κ1) is 12.7. The van der Waals surface area contributed by atoms with Crippen LogP contribution in [0.2, 0.25) is 0 Å². The zero-order chi connectivity index (χ0) is 12.3.